The summed E-state index contributed by atoms with van der Waals surface area (Å²) in [6.07, 6.45) is 0. The van der Waals surface area contributed by atoms with E-state index in [1.54, 1.807) is 12.1 Å². The first kappa shape index (κ1) is 19.9. The van der Waals surface area contributed by atoms with Crippen molar-refractivity contribution in [3.63, 3.8) is 0 Å². The van der Waals surface area contributed by atoms with Crippen molar-refractivity contribution in [2.75, 3.05) is 18.4 Å². The number of aryl methyl sites for hydroxylation is 1. The van der Waals surface area contributed by atoms with Crippen molar-refractivity contribution in [1.82, 2.24) is 5.32 Å². The van der Waals surface area contributed by atoms with Crippen LogP contribution in [0.25, 0.3) is 0 Å². The van der Waals surface area contributed by atoms with Crippen molar-refractivity contribution in [2.24, 2.45) is 0 Å². The van der Waals surface area contributed by atoms with Gasteiger partial charge in [0, 0.05) is 10.0 Å². The molecule has 2 N–H and O–H groups in total. The fraction of sp³-hybridized carbons (Fsp3) is 0.176. The molecule has 2 aromatic rings. The van der Waals surface area contributed by atoms with Crippen molar-refractivity contribution in [1.29, 1.82) is 0 Å². The van der Waals surface area contributed by atoms with Crippen molar-refractivity contribution in [3.05, 3.63) is 58.1 Å². The number of carbonyl (C=O) groups is 2. The highest BCUT2D eigenvalue weighted by atomic mass is 79.9. The van der Waals surface area contributed by atoms with Gasteiger partial charge in [0.1, 0.15) is 6.54 Å². The van der Waals surface area contributed by atoms with Crippen LogP contribution in [0.3, 0.4) is 0 Å². The van der Waals surface area contributed by atoms with E-state index in [0.29, 0.717) is 10.2 Å². The van der Waals surface area contributed by atoms with Crippen LogP contribution >= 0.6 is 15.9 Å². The number of carbonyl (C=O) groups excluding carboxylic acids is 2. The number of anilines is 1. The van der Waals surface area contributed by atoms with Gasteiger partial charge in [-0.3, -0.25) is 14.3 Å². The van der Waals surface area contributed by atoms with E-state index in [0.717, 1.165) is 5.56 Å². The zero-order chi connectivity index (χ0) is 19.3. The molecule has 0 aliphatic heterocycles. The molecule has 0 bridgehead atoms. The summed E-state index contributed by atoms with van der Waals surface area (Å²) in [7, 11) is -2.69. The summed E-state index contributed by atoms with van der Waals surface area (Å²) in [6, 6.07) is 10.8. The fourth-order valence-corrected chi connectivity index (χ4v) is 3.65. The number of ether oxygens (including phenoxy) is 1. The number of halogens is 1. The third-order valence-corrected chi connectivity index (χ3v) is 5.45. The highest BCUT2D eigenvalue weighted by molar-refractivity contribution is 9.10. The Morgan fingerprint density at radius 1 is 1.15 bits per heavy atom. The van der Waals surface area contributed by atoms with Gasteiger partial charge in [-0.15, -0.1) is 0 Å². The van der Waals surface area contributed by atoms with Gasteiger partial charge >= 0.3 is 5.97 Å². The summed E-state index contributed by atoms with van der Waals surface area (Å²) in [5.41, 5.74) is 1.40. The topological polar surface area (TPSA) is 102 Å². The number of nitrogens with one attached hydrogen (secondary N) is 2. The maximum absolute atomic E-state index is 12.6. The van der Waals surface area contributed by atoms with E-state index < -0.39 is 21.9 Å². The average Bonchev–Trinajstić information content (AvgIpc) is 2.62. The molecule has 1 amide bonds. The van der Waals surface area contributed by atoms with Crippen molar-refractivity contribution < 1.29 is 22.7 Å². The van der Waals surface area contributed by atoms with E-state index in [-0.39, 0.29) is 17.0 Å². The number of amides is 1. The highest BCUT2D eigenvalue weighted by Crippen LogP contribution is 2.26. The number of hydrogen-bond acceptors (Lipinski definition) is 5. The van der Waals surface area contributed by atoms with Gasteiger partial charge in [-0.2, -0.15) is 0 Å². The van der Waals surface area contributed by atoms with Crippen LogP contribution in [0.1, 0.15) is 15.9 Å². The molecule has 0 aromatic heterocycles. The van der Waals surface area contributed by atoms with Crippen molar-refractivity contribution in [2.45, 2.75) is 11.8 Å². The lowest BCUT2D eigenvalue weighted by Crippen LogP contribution is -2.30. The molecule has 0 aliphatic rings. The number of esters is 1. The SMILES string of the molecule is COC(=O)CNC(=O)c1cccc(S(=O)(=O)Nc2cc(C)ccc2Br)c1. The minimum atomic E-state index is -3.90. The van der Waals surface area contributed by atoms with Crippen LogP contribution in [0.5, 0.6) is 0 Å². The molecule has 0 aliphatic carbocycles. The number of benzene rings is 2. The molecule has 9 heteroatoms. The Kier molecular flexibility index (Phi) is 6.38. The summed E-state index contributed by atoms with van der Waals surface area (Å²) < 4.78 is 32.8. The van der Waals surface area contributed by atoms with Gasteiger partial charge < -0.3 is 10.1 Å². The van der Waals surface area contributed by atoms with Crippen LogP contribution in [0.15, 0.2) is 51.8 Å². The Morgan fingerprint density at radius 2 is 1.88 bits per heavy atom. The Hall–Kier alpha value is -2.39. The molecule has 0 saturated heterocycles. The molecule has 0 fully saturated rings. The van der Waals surface area contributed by atoms with Crippen LogP contribution in [-0.4, -0.2) is 33.9 Å². The second-order valence-corrected chi connectivity index (χ2v) is 7.91. The molecule has 26 heavy (non-hydrogen) atoms. The van der Waals surface area contributed by atoms with Gasteiger partial charge in [0.25, 0.3) is 15.9 Å². The molecule has 0 unspecified atom stereocenters. The number of hydrogen-bond donors (Lipinski definition) is 2. The second-order valence-electron chi connectivity index (χ2n) is 5.38. The normalized spacial score (nSPS) is 10.9. The fourth-order valence-electron chi connectivity index (χ4n) is 2.05. The summed E-state index contributed by atoms with van der Waals surface area (Å²) in [4.78, 5) is 23.1. The molecular formula is C17H17BrN2O5S. The zero-order valence-electron chi connectivity index (χ0n) is 14.1. The highest BCUT2D eigenvalue weighted by Gasteiger charge is 2.18. The molecule has 0 spiro atoms. The molecule has 2 aromatic carbocycles. The van der Waals surface area contributed by atoms with Gasteiger partial charge in [0.2, 0.25) is 0 Å². The molecule has 0 radical (unpaired) electrons. The van der Waals surface area contributed by atoms with Gasteiger partial charge in [0.15, 0.2) is 0 Å². The van der Waals surface area contributed by atoms with Gasteiger partial charge in [-0.05, 0) is 58.7 Å². The Morgan fingerprint density at radius 3 is 2.58 bits per heavy atom. The summed E-state index contributed by atoms with van der Waals surface area (Å²) in [5.74, 6) is -1.18. The summed E-state index contributed by atoms with van der Waals surface area (Å²) >= 11 is 3.30. The number of rotatable bonds is 6. The monoisotopic (exact) mass is 440 g/mol. The molecule has 2 rings (SSSR count). The summed E-state index contributed by atoms with van der Waals surface area (Å²) in [5, 5.41) is 2.36. The van der Waals surface area contributed by atoms with E-state index in [2.05, 4.69) is 30.7 Å². The maximum atomic E-state index is 12.6. The lowest BCUT2D eigenvalue weighted by atomic mass is 10.2. The van der Waals surface area contributed by atoms with Crippen molar-refractivity contribution >= 4 is 43.5 Å². The Labute approximate surface area is 159 Å². The minimum absolute atomic E-state index is 0.0726. The predicted molar refractivity (Wildman–Crippen MR) is 100 cm³/mol. The predicted octanol–water partition coefficient (Wildman–Crippen LogP) is 2.46. The van der Waals surface area contributed by atoms with Crippen LogP contribution in [-0.2, 0) is 19.6 Å². The number of sulfonamides is 1. The molecule has 0 atom stereocenters. The van der Waals surface area contributed by atoms with Gasteiger partial charge in [-0.25, -0.2) is 8.42 Å². The first-order chi connectivity index (χ1) is 12.2. The van der Waals surface area contributed by atoms with Crippen LogP contribution in [0.2, 0.25) is 0 Å². The first-order valence-corrected chi connectivity index (χ1v) is 9.74. The molecule has 0 saturated carbocycles. The van der Waals surface area contributed by atoms with Gasteiger partial charge in [-0.1, -0.05) is 12.1 Å². The van der Waals surface area contributed by atoms with Crippen LogP contribution in [0, 0.1) is 6.92 Å². The van der Waals surface area contributed by atoms with E-state index >= 15 is 0 Å². The standard InChI is InChI=1S/C17H17BrN2O5S/c1-11-6-7-14(18)15(8-11)20-26(23,24)13-5-3-4-12(9-13)17(22)19-10-16(21)25-2/h3-9,20H,10H2,1-2H3,(H,19,22). The lowest BCUT2D eigenvalue weighted by Gasteiger charge is -2.11. The molecule has 7 nitrogen and oxygen atoms in total. The van der Waals surface area contributed by atoms with E-state index in [1.165, 1.54) is 31.4 Å². The van der Waals surface area contributed by atoms with E-state index in [1.807, 2.05) is 13.0 Å². The smallest absolute Gasteiger partial charge is 0.325 e. The molecular weight excluding hydrogens is 424 g/mol. The third-order valence-electron chi connectivity index (χ3n) is 3.39. The van der Waals surface area contributed by atoms with E-state index in [4.69, 9.17) is 0 Å². The van der Waals surface area contributed by atoms with E-state index in [9.17, 15) is 18.0 Å². The molecule has 0 heterocycles. The molecule has 138 valence electrons. The first-order valence-electron chi connectivity index (χ1n) is 7.47. The largest absolute Gasteiger partial charge is 0.468 e. The van der Waals surface area contributed by atoms with Crippen molar-refractivity contribution in [3.8, 4) is 0 Å². The second kappa shape index (κ2) is 8.33. The van der Waals surface area contributed by atoms with Crippen LogP contribution < -0.4 is 10.0 Å². The maximum Gasteiger partial charge on any atom is 0.325 e. The third kappa shape index (κ3) is 5.06. The Balaban J connectivity index is 2.23. The zero-order valence-corrected chi connectivity index (χ0v) is 16.5. The Bertz CT molecular complexity index is 944. The summed E-state index contributed by atoms with van der Waals surface area (Å²) in [6.45, 7) is 1.54. The lowest BCUT2D eigenvalue weighted by molar-refractivity contribution is -0.139. The van der Waals surface area contributed by atoms with Gasteiger partial charge in [0.05, 0.1) is 17.7 Å². The number of methoxy groups -OCH3 is 1. The average molecular weight is 441 g/mol. The quantitative estimate of drug-likeness (QED) is 0.671. The van der Waals surface area contributed by atoms with Crippen LogP contribution in [0.4, 0.5) is 5.69 Å². The minimum Gasteiger partial charge on any atom is -0.468 e.